The minimum Gasteiger partial charge on any atom is -0.258 e. The summed E-state index contributed by atoms with van der Waals surface area (Å²) < 4.78 is 1.20. The van der Waals surface area contributed by atoms with Crippen molar-refractivity contribution in [3.05, 3.63) is 43.5 Å². The molecule has 4 nitrogen and oxygen atoms in total. The van der Waals surface area contributed by atoms with Gasteiger partial charge in [0.25, 0.3) is 0 Å². The Morgan fingerprint density at radius 3 is 2.73 bits per heavy atom. The zero-order valence-corrected chi connectivity index (χ0v) is 10.4. The highest BCUT2D eigenvalue weighted by atomic mass is 79.9. The van der Waals surface area contributed by atoms with Gasteiger partial charge in [-0.1, -0.05) is 15.9 Å². The number of nitro groups is 1. The van der Waals surface area contributed by atoms with E-state index in [9.17, 15) is 10.1 Å². The van der Waals surface area contributed by atoms with Crippen LogP contribution in [0.3, 0.4) is 0 Å². The summed E-state index contributed by atoms with van der Waals surface area (Å²) in [5, 5.41) is 11.6. The van der Waals surface area contributed by atoms with Crippen molar-refractivity contribution in [3.63, 3.8) is 0 Å². The van der Waals surface area contributed by atoms with E-state index in [2.05, 4.69) is 36.8 Å². The molecule has 0 bridgehead atoms. The first-order chi connectivity index (χ1) is 7.11. The second kappa shape index (κ2) is 3.86. The van der Waals surface area contributed by atoms with Crippen molar-refractivity contribution in [1.29, 1.82) is 0 Å². The lowest BCUT2D eigenvalue weighted by Gasteiger charge is -2.02. The molecule has 0 aliphatic rings. The molecule has 1 aromatic carbocycles. The molecule has 1 aromatic heterocycles. The Morgan fingerprint density at radius 2 is 2.07 bits per heavy atom. The van der Waals surface area contributed by atoms with Crippen LogP contribution in [0.25, 0.3) is 10.9 Å². The van der Waals surface area contributed by atoms with Crippen molar-refractivity contribution in [2.45, 2.75) is 0 Å². The molecular formula is C9H4Br2N2O2. The van der Waals surface area contributed by atoms with E-state index in [1.807, 2.05) is 0 Å². The molecule has 6 heteroatoms. The minimum atomic E-state index is -0.439. The van der Waals surface area contributed by atoms with Crippen molar-refractivity contribution >= 4 is 48.5 Å². The zero-order chi connectivity index (χ0) is 11.0. The number of pyridine rings is 1. The maximum Gasteiger partial charge on any atom is 0.309 e. The standard InChI is InChI=1S/C9H4Br2N2O2/c10-6-4-7(11)9(13(14)15)8-5(6)2-1-3-12-8/h1-4H. The number of hydrogen-bond acceptors (Lipinski definition) is 3. The van der Waals surface area contributed by atoms with Gasteiger partial charge in [0.15, 0.2) is 5.52 Å². The molecule has 0 fully saturated rings. The lowest BCUT2D eigenvalue weighted by molar-refractivity contribution is -0.384. The van der Waals surface area contributed by atoms with Gasteiger partial charge in [0.2, 0.25) is 0 Å². The van der Waals surface area contributed by atoms with Crippen LogP contribution in [0, 0.1) is 10.1 Å². The lowest BCUT2D eigenvalue weighted by Crippen LogP contribution is -1.93. The molecular weight excluding hydrogens is 328 g/mol. The molecule has 0 saturated carbocycles. The summed E-state index contributed by atoms with van der Waals surface area (Å²) in [5.74, 6) is 0. The van der Waals surface area contributed by atoms with E-state index in [1.54, 1.807) is 18.2 Å². The largest absolute Gasteiger partial charge is 0.309 e. The van der Waals surface area contributed by atoms with Gasteiger partial charge in [-0.15, -0.1) is 0 Å². The fraction of sp³-hybridized carbons (Fsp3) is 0. The van der Waals surface area contributed by atoms with Crippen molar-refractivity contribution in [3.8, 4) is 0 Å². The number of hydrogen-bond donors (Lipinski definition) is 0. The molecule has 0 amide bonds. The molecule has 0 aliphatic carbocycles. The Bertz CT molecular complexity index is 557. The third kappa shape index (κ3) is 1.74. The predicted octanol–water partition coefficient (Wildman–Crippen LogP) is 3.67. The zero-order valence-electron chi connectivity index (χ0n) is 7.28. The van der Waals surface area contributed by atoms with Crippen LogP contribution >= 0.6 is 31.9 Å². The molecule has 0 spiro atoms. The molecule has 0 N–H and O–H groups in total. The van der Waals surface area contributed by atoms with Crippen molar-refractivity contribution < 1.29 is 4.92 Å². The predicted molar refractivity (Wildman–Crippen MR) is 63.8 cm³/mol. The van der Waals surface area contributed by atoms with Crippen molar-refractivity contribution in [1.82, 2.24) is 4.98 Å². The molecule has 15 heavy (non-hydrogen) atoms. The third-order valence-corrected chi connectivity index (χ3v) is 3.21. The normalized spacial score (nSPS) is 10.5. The first-order valence-corrected chi connectivity index (χ1v) is 5.57. The summed E-state index contributed by atoms with van der Waals surface area (Å²) >= 11 is 6.50. The van der Waals surface area contributed by atoms with Crippen LogP contribution < -0.4 is 0 Å². The number of nitrogens with zero attached hydrogens (tertiary/aromatic N) is 2. The molecule has 76 valence electrons. The Hall–Kier alpha value is -1.01. The SMILES string of the molecule is O=[N+]([O-])c1c(Br)cc(Br)c2cccnc12. The van der Waals surface area contributed by atoms with Crippen LogP contribution in [-0.2, 0) is 0 Å². The molecule has 1 heterocycles. The second-order valence-electron chi connectivity index (χ2n) is 2.85. The molecule has 0 unspecified atom stereocenters. The molecule has 0 radical (unpaired) electrons. The summed E-state index contributed by atoms with van der Waals surface area (Å²) in [6.07, 6.45) is 1.54. The van der Waals surface area contributed by atoms with Gasteiger partial charge in [0, 0.05) is 16.1 Å². The highest BCUT2D eigenvalue weighted by molar-refractivity contribution is 9.11. The summed E-state index contributed by atoms with van der Waals surface area (Å²) in [7, 11) is 0. The Morgan fingerprint density at radius 1 is 1.33 bits per heavy atom. The van der Waals surface area contributed by atoms with Crippen LogP contribution in [-0.4, -0.2) is 9.91 Å². The van der Waals surface area contributed by atoms with E-state index in [1.165, 1.54) is 6.20 Å². The van der Waals surface area contributed by atoms with Gasteiger partial charge >= 0.3 is 5.69 Å². The summed E-state index contributed by atoms with van der Waals surface area (Å²) in [5.41, 5.74) is 0.373. The lowest BCUT2D eigenvalue weighted by atomic mass is 10.2. The summed E-state index contributed by atoms with van der Waals surface area (Å²) in [6.45, 7) is 0. The van der Waals surface area contributed by atoms with Gasteiger partial charge in [-0.3, -0.25) is 10.1 Å². The summed E-state index contributed by atoms with van der Waals surface area (Å²) in [6, 6.07) is 5.18. The fourth-order valence-electron chi connectivity index (χ4n) is 1.33. The number of nitro benzene ring substituents is 1. The van der Waals surface area contributed by atoms with E-state index in [0.29, 0.717) is 9.99 Å². The maximum atomic E-state index is 10.9. The number of aromatic nitrogens is 1. The molecule has 0 atom stereocenters. The quantitative estimate of drug-likeness (QED) is 0.591. The Labute approximate surface area is 102 Å². The van der Waals surface area contributed by atoms with Gasteiger partial charge in [0.1, 0.15) is 0 Å². The van der Waals surface area contributed by atoms with Crippen LogP contribution in [0.4, 0.5) is 5.69 Å². The smallest absolute Gasteiger partial charge is 0.258 e. The Balaban J connectivity index is 2.96. The molecule has 0 saturated heterocycles. The minimum absolute atomic E-state index is 0.00574. The maximum absolute atomic E-state index is 10.9. The van der Waals surface area contributed by atoms with Gasteiger partial charge in [-0.2, -0.15) is 0 Å². The molecule has 2 rings (SSSR count). The van der Waals surface area contributed by atoms with Gasteiger partial charge in [-0.25, -0.2) is 4.98 Å². The first-order valence-electron chi connectivity index (χ1n) is 3.98. The highest BCUT2D eigenvalue weighted by Gasteiger charge is 2.19. The summed E-state index contributed by atoms with van der Waals surface area (Å²) in [4.78, 5) is 14.5. The average molecular weight is 332 g/mol. The average Bonchev–Trinajstić information content (AvgIpc) is 2.17. The van der Waals surface area contributed by atoms with Crippen LogP contribution in [0.2, 0.25) is 0 Å². The number of rotatable bonds is 1. The second-order valence-corrected chi connectivity index (χ2v) is 4.55. The van der Waals surface area contributed by atoms with Gasteiger partial charge in [0.05, 0.1) is 9.40 Å². The van der Waals surface area contributed by atoms with E-state index in [4.69, 9.17) is 0 Å². The number of benzene rings is 1. The monoisotopic (exact) mass is 330 g/mol. The number of fused-ring (bicyclic) bond motifs is 1. The van der Waals surface area contributed by atoms with E-state index >= 15 is 0 Å². The molecule has 2 aromatic rings. The number of halogens is 2. The topological polar surface area (TPSA) is 56.0 Å². The first kappa shape index (κ1) is 10.5. The fourth-order valence-corrected chi connectivity index (χ4v) is 2.75. The van der Waals surface area contributed by atoms with Crippen LogP contribution in [0.15, 0.2) is 33.3 Å². The van der Waals surface area contributed by atoms with Crippen molar-refractivity contribution in [2.75, 3.05) is 0 Å². The van der Waals surface area contributed by atoms with Gasteiger partial charge < -0.3 is 0 Å². The van der Waals surface area contributed by atoms with Gasteiger partial charge in [-0.05, 0) is 34.1 Å². The molecule has 0 aliphatic heterocycles. The van der Waals surface area contributed by atoms with E-state index in [-0.39, 0.29) is 5.69 Å². The highest BCUT2D eigenvalue weighted by Crippen LogP contribution is 2.36. The Kier molecular flexibility index (Phi) is 2.70. The van der Waals surface area contributed by atoms with Crippen LogP contribution in [0.5, 0.6) is 0 Å². The van der Waals surface area contributed by atoms with E-state index in [0.717, 1.165) is 9.86 Å². The van der Waals surface area contributed by atoms with Crippen molar-refractivity contribution in [2.24, 2.45) is 0 Å². The van der Waals surface area contributed by atoms with E-state index < -0.39 is 4.92 Å². The third-order valence-electron chi connectivity index (χ3n) is 1.95. The van der Waals surface area contributed by atoms with Crippen LogP contribution in [0.1, 0.15) is 0 Å².